The van der Waals surface area contributed by atoms with Crippen LogP contribution in [-0.4, -0.2) is 46.2 Å². The number of aromatic nitrogens is 2. The van der Waals surface area contributed by atoms with Crippen molar-refractivity contribution >= 4 is 5.71 Å². The largest absolute Gasteiger partial charge is 0.497 e. The summed E-state index contributed by atoms with van der Waals surface area (Å²) in [6.45, 7) is 0. The highest BCUT2D eigenvalue weighted by atomic mass is 16.5. The molecule has 0 radical (unpaired) electrons. The molecule has 0 spiro atoms. The van der Waals surface area contributed by atoms with Gasteiger partial charge in [-0.25, -0.2) is 4.79 Å². The molecule has 0 aliphatic carbocycles. The third kappa shape index (κ3) is 2.94. The zero-order valence-electron chi connectivity index (χ0n) is 15.9. The van der Waals surface area contributed by atoms with Gasteiger partial charge in [-0.2, -0.15) is 5.10 Å². The number of nitrogens with zero attached hydrogens (tertiary/aromatic N) is 4. The molecule has 2 heterocycles. The lowest BCUT2D eigenvalue weighted by Crippen LogP contribution is -2.39. The van der Waals surface area contributed by atoms with Gasteiger partial charge in [0.1, 0.15) is 17.1 Å². The Morgan fingerprint density at radius 3 is 2.44 bits per heavy atom. The minimum absolute atomic E-state index is 0.0239. The fraction of sp³-hybridized carbons (Fsp3) is 0.389. The van der Waals surface area contributed by atoms with Crippen molar-refractivity contribution in [1.29, 1.82) is 0 Å². The van der Waals surface area contributed by atoms with Crippen molar-refractivity contribution in [3.63, 3.8) is 0 Å². The highest BCUT2D eigenvalue weighted by Gasteiger charge is 2.32. The minimum Gasteiger partial charge on any atom is -0.497 e. The molecule has 1 aliphatic heterocycles. The van der Waals surface area contributed by atoms with Crippen molar-refractivity contribution in [2.75, 3.05) is 21.3 Å². The molecular formula is C18H22N4O5. The fourth-order valence-corrected chi connectivity index (χ4v) is 3.27. The van der Waals surface area contributed by atoms with Crippen LogP contribution in [0.5, 0.6) is 17.4 Å². The van der Waals surface area contributed by atoms with Crippen LogP contribution in [0.25, 0.3) is 0 Å². The zero-order chi connectivity index (χ0) is 19.9. The van der Waals surface area contributed by atoms with Crippen LogP contribution >= 0.6 is 0 Å². The maximum absolute atomic E-state index is 12.6. The Kier molecular flexibility index (Phi) is 4.69. The Labute approximate surface area is 155 Å². The van der Waals surface area contributed by atoms with Gasteiger partial charge in [-0.1, -0.05) is 0 Å². The molecule has 1 aliphatic rings. The normalized spacial score (nSPS) is 16.4. The first-order valence-corrected chi connectivity index (χ1v) is 8.31. The van der Waals surface area contributed by atoms with Gasteiger partial charge in [0, 0.05) is 33.1 Å². The maximum atomic E-state index is 12.6. The van der Waals surface area contributed by atoms with Crippen LogP contribution in [0.3, 0.4) is 0 Å². The Hall–Kier alpha value is -3.23. The van der Waals surface area contributed by atoms with E-state index in [1.54, 1.807) is 32.3 Å². The van der Waals surface area contributed by atoms with Crippen LogP contribution in [-0.2, 0) is 14.1 Å². The highest BCUT2D eigenvalue weighted by Crippen LogP contribution is 2.38. The molecule has 0 fully saturated rings. The number of ether oxygens (including phenoxy) is 2. The average molecular weight is 374 g/mol. The minimum atomic E-state index is -0.598. The van der Waals surface area contributed by atoms with E-state index in [-0.39, 0.29) is 11.6 Å². The molecule has 0 saturated carbocycles. The van der Waals surface area contributed by atoms with Crippen LogP contribution in [0.4, 0.5) is 0 Å². The van der Waals surface area contributed by atoms with Crippen molar-refractivity contribution in [3.05, 3.63) is 50.2 Å². The van der Waals surface area contributed by atoms with Gasteiger partial charge in [-0.05, 0) is 18.2 Å². The van der Waals surface area contributed by atoms with E-state index in [0.717, 1.165) is 14.7 Å². The summed E-state index contributed by atoms with van der Waals surface area (Å²) in [4.78, 5) is 24.5. The van der Waals surface area contributed by atoms with Crippen LogP contribution in [0.1, 0.15) is 23.6 Å². The lowest BCUT2D eigenvalue weighted by atomic mass is 9.98. The quantitative estimate of drug-likeness (QED) is 0.841. The SMILES string of the molecule is COc1ccc(OC)c(C2CC(c3c(O)n(C)c(=O)n(C)c3=O)=NN2C)c1. The molecule has 9 nitrogen and oxygen atoms in total. The molecule has 0 saturated heterocycles. The van der Waals surface area contributed by atoms with Crippen LogP contribution in [0.15, 0.2) is 32.9 Å². The molecule has 1 unspecified atom stereocenters. The van der Waals surface area contributed by atoms with Crippen molar-refractivity contribution in [2.24, 2.45) is 19.2 Å². The van der Waals surface area contributed by atoms with Crippen LogP contribution in [0, 0.1) is 0 Å². The molecule has 0 bridgehead atoms. The summed E-state index contributed by atoms with van der Waals surface area (Å²) in [5.41, 5.74) is 0.0938. The fourth-order valence-electron chi connectivity index (χ4n) is 3.27. The first kappa shape index (κ1) is 18.6. The summed E-state index contributed by atoms with van der Waals surface area (Å²) in [6, 6.07) is 5.25. The third-order valence-electron chi connectivity index (χ3n) is 4.83. The van der Waals surface area contributed by atoms with Gasteiger partial charge in [0.15, 0.2) is 0 Å². The van der Waals surface area contributed by atoms with E-state index in [4.69, 9.17) is 9.47 Å². The molecule has 2 aromatic rings. The lowest BCUT2D eigenvalue weighted by Gasteiger charge is -2.21. The van der Waals surface area contributed by atoms with Crippen molar-refractivity contribution < 1.29 is 14.6 Å². The van der Waals surface area contributed by atoms with Gasteiger partial charge in [0.25, 0.3) is 5.56 Å². The predicted octanol–water partition coefficient (Wildman–Crippen LogP) is 0.588. The standard InChI is InChI=1S/C18H22N4O5/c1-20-16(23)15(17(24)21(2)18(20)25)12-9-13(22(3)19-12)11-8-10(26-4)6-7-14(11)27-5/h6-8,13,23H,9H2,1-5H3. The second kappa shape index (κ2) is 6.82. The Morgan fingerprint density at radius 1 is 1.11 bits per heavy atom. The number of benzene rings is 1. The summed E-state index contributed by atoms with van der Waals surface area (Å²) < 4.78 is 12.7. The molecular weight excluding hydrogens is 352 g/mol. The summed E-state index contributed by atoms with van der Waals surface area (Å²) in [6.07, 6.45) is 0.362. The Balaban J connectivity index is 2.07. The van der Waals surface area contributed by atoms with E-state index >= 15 is 0 Å². The van der Waals surface area contributed by atoms with Gasteiger partial charge in [0.2, 0.25) is 5.88 Å². The number of rotatable bonds is 4. The molecule has 0 amide bonds. The van der Waals surface area contributed by atoms with Gasteiger partial charge in [0.05, 0.1) is 26.0 Å². The molecule has 1 N–H and O–H groups in total. The smallest absolute Gasteiger partial charge is 0.333 e. The summed E-state index contributed by atoms with van der Waals surface area (Å²) >= 11 is 0. The summed E-state index contributed by atoms with van der Waals surface area (Å²) in [7, 11) is 7.71. The van der Waals surface area contributed by atoms with Gasteiger partial charge < -0.3 is 14.6 Å². The Bertz CT molecular complexity index is 1040. The second-order valence-corrected chi connectivity index (χ2v) is 6.35. The summed E-state index contributed by atoms with van der Waals surface area (Å²) in [5, 5.41) is 16.5. The third-order valence-corrected chi connectivity index (χ3v) is 4.83. The Morgan fingerprint density at radius 2 is 1.81 bits per heavy atom. The maximum Gasteiger partial charge on any atom is 0.333 e. The molecule has 27 heavy (non-hydrogen) atoms. The molecule has 144 valence electrons. The first-order valence-electron chi connectivity index (χ1n) is 8.31. The summed E-state index contributed by atoms with van der Waals surface area (Å²) in [5.74, 6) is 0.948. The first-order chi connectivity index (χ1) is 12.8. The van der Waals surface area contributed by atoms with Crippen LogP contribution < -0.4 is 20.7 Å². The van der Waals surface area contributed by atoms with Gasteiger partial charge in [-0.15, -0.1) is 0 Å². The number of methoxy groups -OCH3 is 2. The van der Waals surface area contributed by atoms with E-state index in [2.05, 4.69) is 5.10 Å². The zero-order valence-corrected chi connectivity index (χ0v) is 15.9. The highest BCUT2D eigenvalue weighted by molar-refractivity contribution is 6.03. The van der Waals surface area contributed by atoms with Gasteiger partial charge in [-0.3, -0.25) is 18.9 Å². The van der Waals surface area contributed by atoms with Crippen molar-refractivity contribution in [3.8, 4) is 17.4 Å². The molecule has 1 aromatic heterocycles. The monoisotopic (exact) mass is 374 g/mol. The van der Waals surface area contributed by atoms with Gasteiger partial charge >= 0.3 is 5.69 Å². The van der Waals surface area contributed by atoms with E-state index < -0.39 is 17.1 Å². The van der Waals surface area contributed by atoms with Crippen LogP contribution in [0.2, 0.25) is 0 Å². The second-order valence-electron chi connectivity index (χ2n) is 6.35. The van der Waals surface area contributed by atoms with E-state index in [0.29, 0.717) is 23.6 Å². The molecule has 3 rings (SSSR count). The van der Waals surface area contributed by atoms with E-state index in [1.807, 2.05) is 12.1 Å². The molecule has 1 atom stereocenters. The predicted molar refractivity (Wildman–Crippen MR) is 99.8 cm³/mol. The average Bonchev–Trinajstić information content (AvgIpc) is 3.05. The topological polar surface area (TPSA) is 98.3 Å². The van der Waals surface area contributed by atoms with E-state index in [9.17, 15) is 14.7 Å². The van der Waals surface area contributed by atoms with E-state index in [1.165, 1.54) is 14.1 Å². The number of hydrazone groups is 1. The van der Waals surface area contributed by atoms with Crippen molar-refractivity contribution in [2.45, 2.75) is 12.5 Å². The number of aromatic hydroxyl groups is 1. The molecule has 1 aromatic carbocycles. The lowest BCUT2D eigenvalue weighted by molar-refractivity contribution is 0.279. The molecule has 9 heteroatoms. The number of hydrogen-bond acceptors (Lipinski definition) is 7. The number of hydrogen-bond donors (Lipinski definition) is 1. The van der Waals surface area contributed by atoms with Crippen molar-refractivity contribution in [1.82, 2.24) is 14.1 Å².